The zero-order valence-corrected chi connectivity index (χ0v) is 12.5. The summed E-state index contributed by atoms with van der Waals surface area (Å²) in [6.45, 7) is 0. The highest BCUT2D eigenvalue weighted by molar-refractivity contribution is 7.90. The van der Waals surface area contributed by atoms with Gasteiger partial charge in [0.2, 0.25) is 5.89 Å². The van der Waals surface area contributed by atoms with Gasteiger partial charge in [-0.05, 0) is 48.5 Å². The number of hydrogen-bond donors (Lipinski definition) is 0. The highest BCUT2D eigenvalue weighted by Crippen LogP contribution is 2.26. The highest BCUT2D eigenvalue weighted by Gasteiger charge is 2.11. The Morgan fingerprint density at radius 2 is 1.55 bits per heavy atom. The lowest BCUT2D eigenvalue weighted by atomic mass is 10.2. The molecule has 112 valence electrons. The quantitative estimate of drug-likeness (QED) is 0.741. The van der Waals surface area contributed by atoms with E-state index < -0.39 is 9.84 Å². The van der Waals surface area contributed by atoms with Crippen LogP contribution in [0, 0.1) is 5.82 Å². The molecule has 0 aliphatic rings. The summed E-state index contributed by atoms with van der Waals surface area (Å²) < 4.78 is 41.4. The van der Waals surface area contributed by atoms with Crippen molar-refractivity contribution in [3.05, 3.63) is 60.5 Å². The van der Waals surface area contributed by atoms with Gasteiger partial charge in [-0.1, -0.05) is 0 Å². The van der Waals surface area contributed by atoms with E-state index in [9.17, 15) is 12.8 Å². The molecule has 3 rings (SSSR count). The van der Waals surface area contributed by atoms with Gasteiger partial charge in [-0.15, -0.1) is 0 Å². The summed E-state index contributed by atoms with van der Waals surface area (Å²) in [5.74, 6) is 0.563. The molecule has 0 fully saturated rings. The Hall–Kier alpha value is -2.47. The Kier molecular flexibility index (Phi) is 3.54. The molecule has 6 heteroatoms. The zero-order valence-electron chi connectivity index (χ0n) is 11.7. The van der Waals surface area contributed by atoms with Crippen molar-refractivity contribution >= 4 is 9.84 Å². The van der Waals surface area contributed by atoms with E-state index in [2.05, 4.69) is 4.98 Å². The summed E-state index contributed by atoms with van der Waals surface area (Å²) in [5.41, 5.74) is 1.38. The van der Waals surface area contributed by atoms with Crippen LogP contribution < -0.4 is 0 Å². The van der Waals surface area contributed by atoms with E-state index in [1.54, 1.807) is 30.5 Å². The molecule has 0 unspecified atom stereocenters. The van der Waals surface area contributed by atoms with Crippen molar-refractivity contribution in [3.63, 3.8) is 0 Å². The van der Waals surface area contributed by atoms with Crippen LogP contribution in [0.2, 0.25) is 0 Å². The van der Waals surface area contributed by atoms with Gasteiger partial charge in [-0.25, -0.2) is 17.8 Å². The largest absolute Gasteiger partial charge is 0.436 e. The highest BCUT2D eigenvalue weighted by atomic mass is 32.2. The van der Waals surface area contributed by atoms with Crippen molar-refractivity contribution in [2.75, 3.05) is 6.26 Å². The lowest BCUT2D eigenvalue weighted by Gasteiger charge is -2.00. The third-order valence-corrected chi connectivity index (χ3v) is 4.29. The molecular weight excluding hydrogens is 305 g/mol. The van der Waals surface area contributed by atoms with Crippen molar-refractivity contribution in [2.45, 2.75) is 4.90 Å². The smallest absolute Gasteiger partial charge is 0.226 e. The summed E-state index contributed by atoms with van der Waals surface area (Å²) in [4.78, 5) is 4.40. The van der Waals surface area contributed by atoms with Gasteiger partial charge in [0.15, 0.2) is 15.6 Å². The summed E-state index contributed by atoms with van der Waals surface area (Å²) in [5, 5.41) is 0. The SMILES string of the molecule is CS(=O)(=O)c1ccc(-c2cnc(-c3ccc(F)cc3)o2)cc1. The first-order valence-electron chi connectivity index (χ1n) is 6.46. The monoisotopic (exact) mass is 317 g/mol. The Morgan fingerprint density at radius 3 is 2.14 bits per heavy atom. The number of rotatable bonds is 3. The maximum Gasteiger partial charge on any atom is 0.226 e. The van der Waals surface area contributed by atoms with Crippen molar-refractivity contribution < 1.29 is 17.2 Å². The third-order valence-electron chi connectivity index (χ3n) is 3.16. The lowest BCUT2D eigenvalue weighted by Crippen LogP contribution is -1.95. The van der Waals surface area contributed by atoms with Crippen molar-refractivity contribution in [1.82, 2.24) is 4.98 Å². The molecule has 0 spiro atoms. The molecule has 0 saturated heterocycles. The first-order chi connectivity index (χ1) is 10.4. The number of hydrogen-bond acceptors (Lipinski definition) is 4. The number of halogens is 1. The Bertz CT molecular complexity index is 897. The zero-order chi connectivity index (χ0) is 15.7. The molecule has 0 bridgehead atoms. The fraction of sp³-hybridized carbons (Fsp3) is 0.0625. The molecule has 1 aromatic heterocycles. The molecule has 0 atom stereocenters. The summed E-state index contributed by atoms with van der Waals surface area (Å²) in [6, 6.07) is 12.2. The van der Waals surface area contributed by atoms with Crippen LogP contribution in [0.25, 0.3) is 22.8 Å². The van der Waals surface area contributed by atoms with Gasteiger partial charge in [0.05, 0.1) is 11.1 Å². The summed E-state index contributed by atoms with van der Waals surface area (Å²) in [7, 11) is -3.23. The molecule has 4 nitrogen and oxygen atoms in total. The molecule has 2 aromatic carbocycles. The molecule has 0 N–H and O–H groups in total. The minimum absolute atomic E-state index is 0.245. The second-order valence-corrected chi connectivity index (χ2v) is 6.85. The van der Waals surface area contributed by atoms with Gasteiger partial charge in [0, 0.05) is 17.4 Å². The minimum Gasteiger partial charge on any atom is -0.436 e. The van der Waals surface area contributed by atoms with Gasteiger partial charge >= 0.3 is 0 Å². The molecule has 0 amide bonds. The molecule has 0 saturated carbocycles. The molecule has 1 heterocycles. The van der Waals surface area contributed by atoms with E-state index in [0.29, 0.717) is 22.8 Å². The van der Waals surface area contributed by atoms with Crippen LogP contribution in [0.3, 0.4) is 0 Å². The Morgan fingerprint density at radius 1 is 0.955 bits per heavy atom. The van der Waals surface area contributed by atoms with Crippen molar-refractivity contribution in [1.29, 1.82) is 0 Å². The van der Waals surface area contributed by atoms with E-state index >= 15 is 0 Å². The van der Waals surface area contributed by atoms with Crippen LogP contribution in [0.5, 0.6) is 0 Å². The van der Waals surface area contributed by atoms with E-state index in [1.807, 2.05) is 0 Å². The van der Waals surface area contributed by atoms with E-state index in [-0.39, 0.29) is 10.7 Å². The van der Waals surface area contributed by atoms with Crippen LogP contribution >= 0.6 is 0 Å². The van der Waals surface area contributed by atoms with Gasteiger partial charge in [-0.2, -0.15) is 0 Å². The predicted molar refractivity (Wildman–Crippen MR) is 80.4 cm³/mol. The normalized spacial score (nSPS) is 11.5. The first kappa shape index (κ1) is 14.5. The fourth-order valence-electron chi connectivity index (χ4n) is 2.00. The van der Waals surface area contributed by atoms with E-state index in [1.165, 1.54) is 24.3 Å². The van der Waals surface area contributed by atoms with Crippen LogP contribution in [0.15, 0.2) is 64.0 Å². The average molecular weight is 317 g/mol. The fourth-order valence-corrected chi connectivity index (χ4v) is 2.63. The molecule has 0 aliphatic carbocycles. The van der Waals surface area contributed by atoms with Gasteiger partial charge in [-0.3, -0.25) is 0 Å². The maximum absolute atomic E-state index is 12.9. The number of benzene rings is 2. The average Bonchev–Trinajstić information content (AvgIpc) is 2.97. The molecular formula is C16H12FNO3S. The van der Waals surface area contributed by atoms with Crippen LogP contribution in [0.4, 0.5) is 4.39 Å². The van der Waals surface area contributed by atoms with Gasteiger partial charge < -0.3 is 4.42 Å². The van der Waals surface area contributed by atoms with Crippen molar-refractivity contribution in [2.24, 2.45) is 0 Å². The van der Waals surface area contributed by atoms with Crippen molar-refractivity contribution in [3.8, 4) is 22.8 Å². The topological polar surface area (TPSA) is 60.2 Å². The molecule has 0 radical (unpaired) electrons. The summed E-state index contributed by atoms with van der Waals surface area (Å²) >= 11 is 0. The number of aromatic nitrogens is 1. The van der Waals surface area contributed by atoms with Gasteiger partial charge in [0.25, 0.3) is 0 Å². The molecule has 3 aromatic rings. The molecule has 0 aliphatic heterocycles. The Labute approximate surface area is 127 Å². The third kappa shape index (κ3) is 2.92. The number of nitrogens with zero attached hydrogens (tertiary/aromatic N) is 1. The van der Waals surface area contributed by atoms with E-state index in [0.717, 1.165) is 6.26 Å². The Balaban J connectivity index is 1.92. The second kappa shape index (κ2) is 5.38. The number of sulfone groups is 1. The lowest BCUT2D eigenvalue weighted by molar-refractivity contribution is 0.587. The molecule has 22 heavy (non-hydrogen) atoms. The maximum atomic E-state index is 12.9. The van der Waals surface area contributed by atoms with E-state index in [4.69, 9.17) is 4.42 Å². The van der Waals surface area contributed by atoms with Crippen LogP contribution in [0.1, 0.15) is 0 Å². The predicted octanol–water partition coefficient (Wildman–Crippen LogP) is 3.55. The minimum atomic E-state index is -3.23. The standard InChI is InChI=1S/C16H12FNO3S/c1-22(19,20)14-8-4-11(5-9-14)15-10-18-16(21-15)12-2-6-13(17)7-3-12/h2-10H,1H3. The van der Waals surface area contributed by atoms with Crippen LogP contribution in [-0.4, -0.2) is 19.7 Å². The van der Waals surface area contributed by atoms with Crippen LogP contribution in [-0.2, 0) is 9.84 Å². The summed E-state index contributed by atoms with van der Waals surface area (Å²) in [6.07, 6.45) is 2.71. The second-order valence-electron chi connectivity index (χ2n) is 4.83. The van der Waals surface area contributed by atoms with Gasteiger partial charge in [0.1, 0.15) is 5.82 Å². The number of oxazole rings is 1. The first-order valence-corrected chi connectivity index (χ1v) is 8.35.